The zero-order valence-corrected chi connectivity index (χ0v) is 16.0. The molecule has 2 aromatic rings. The van der Waals surface area contributed by atoms with Crippen molar-refractivity contribution in [2.24, 2.45) is 0 Å². The van der Waals surface area contributed by atoms with Crippen LogP contribution < -0.4 is 0 Å². The average Bonchev–Trinajstić information content (AvgIpc) is 2.97. The second kappa shape index (κ2) is 7.76. The van der Waals surface area contributed by atoms with E-state index < -0.39 is 18.0 Å². The van der Waals surface area contributed by atoms with Gasteiger partial charge in [-0.05, 0) is 38.5 Å². The van der Waals surface area contributed by atoms with Crippen LogP contribution in [0.1, 0.15) is 68.6 Å². The van der Waals surface area contributed by atoms with Gasteiger partial charge in [0.2, 0.25) is 5.78 Å². The highest BCUT2D eigenvalue weighted by Gasteiger charge is 2.38. The molecule has 28 heavy (non-hydrogen) atoms. The second-order valence-electron chi connectivity index (χ2n) is 6.78. The Labute approximate surface area is 163 Å². The highest BCUT2D eigenvalue weighted by Crippen LogP contribution is 2.27. The molecule has 1 heterocycles. The smallest absolute Gasteiger partial charge is 0.338 e. The maximum atomic E-state index is 12.6. The summed E-state index contributed by atoms with van der Waals surface area (Å²) in [6.07, 6.45) is -0.337. The van der Waals surface area contributed by atoms with Crippen molar-refractivity contribution in [3.63, 3.8) is 0 Å². The SMILES string of the molecule is CC[C@@H](C)N1C(=O)c2ccc(C(=O)O[C@@H](C)C(=O)c3ccccc3)cc2C1=O. The third kappa shape index (κ3) is 3.45. The van der Waals surface area contributed by atoms with Crippen molar-refractivity contribution >= 4 is 23.6 Å². The van der Waals surface area contributed by atoms with Crippen molar-refractivity contribution in [3.05, 3.63) is 70.8 Å². The molecule has 0 saturated carbocycles. The van der Waals surface area contributed by atoms with E-state index in [1.807, 2.05) is 6.92 Å². The molecule has 144 valence electrons. The number of ketones is 1. The highest BCUT2D eigenvalue weighted by molar-refractivity contribution is 6.22. The first kappa shape index (κ1) is 19.5. The fraction of sp³-hybridized carbons (Fsp3) is 0.273. The van der Waals surface area contributed by atoms with Gasteiger partial charge in [0.15, 0.2) is 6.10 Å². The van der Waals surface area contributed by atoms with Gasteiger partial charge in [-0.25, -0.2) is 4.79 Å². The molecule has 0 bridgehead atoms. The van der Waals surface area contributed by atoms with Crippen LogP contribution in [0.3, 0.4) is 0 Å². The largest absolute Gasteiger partial charge is 0.451 e. The highest BCUT2D eigenvalue weighted by atomic mass is 16.5. The first-order valence-corrected chi connectivity index (χ1v) is 9.17. The van der Waals surface area contributed by atoms with E-state index in [1.165, 1.54) is 30.0 Å². The lowest BCUT2D eigenvalue weighted by molar-refractivity contribution is 0.0318. The third-order valence-electron chi connectivity index (χ3n) is 4.90. The molecule has 2 amide bonds. The monoisotopic (exact) mass is 379 g/mol. The summed E-state index contributed by atoms with van der Waals surface area (Å²) in [7, 11) is 0. The predicted octanol–water partition coefficient (Wildman–Crippen LogP) is 3.51. The molecule has 2 atom stereocenters. The molecular weight excluding hydrogens is 358 g/mol. The first-order valence-electron chi connectivity index (χ1n) is 9.17. The van der Waals surface area contributed by atoms with Crippen LogP contribution in [0.15, 0.2) is 48.5 Å². The Morgan fingerprint density at radius 3 is 2.21 bits per heavy atom. The molecule has 0 N–H and O–H groups in total. The van der Waals surface area contributed by atoms with E-state index in [0.29, 0.717) is 12.0 Å². The van der Waals surface area contributed by atoms with Gasteiger partial charge in [-0.1, -0.05) is 37.3 Å². The molecule has 0 aliphatic carbocycles. The Morgan fingerprint density at radius 1 is 0.929 bits per heavy atom. The normalized spacial score (nSPS) is 15.2. The lowest BCUT2D eigenvalue weighted by Gasteiger charge is -2.20. The van der Waals surface area contributed by atoms with E-state index in [2.05, 4.69) is 0 Å². The first-order chi connectivity index (χ1) is 13.3. The number of imide groups is 1. The Balaban J connectivity index is 1.78. The van der Waals surface area contributed by atoms with Crippen LogP contribution in [0, 0.1) is 0 Å². The summed E-state index contributed by atoms with van der Waals surface area (Å²) in [6.45, 7) is 5.19. The molecular formula is C22H21NO5. The molecule has 6 nitrogen and oxygen atoms in total. The van der Waals surface area contributed by atoms with Crippen LogP contribution in [0.5, 0.6) is 0 Å². The fourth-order valence-electron chi connectivity index (χ4n) is 3.09. The summed E-state index contributed by atoms with van der Waals surface area (Å²) in [5, 5.41) is 0. The Kier molecular flexibility index (Phi) is 5.40. The molecule has 0 spiro atoms. The van der Waals surface area contributed by atoms with Gasteiger partial charge in [0.1, 0.15) is 0 Å². The van der Waals surface area contributed by atoms with Crippen molar-refractivity contribution in [2.75, 3.05) is 0 Å². The minimum absolute atomic E-state index is 0.124. The van der Waals surface area contributed by atoms with Gasteiger partial charge in [-0.3, -0.25) is 19.3 Å². The van der Waals surface area contributed by atoms with Crippen molar-refractivity contribution < 1.29 is 23.9 Å². The number of amides is 2. The van der Waals surface area contributed by atoms with E-state index >= 15 is 0 Å². The maximum Gasteiger partial charge on any atom is 0.338 e. The van der Waals surface area contributed by atoms with Gasteiger partial charge in [-0.2, -0.15) is 0 Å². The molecule has 0 aromatic heterocycles. The molecule has 3 rings (SSSR count). The van der Waals surface area contributed by atoms with E-state index in [1.54, 1.807) is 37.3 Å². The Hall–Kier alpha value is -3.28. The van der Waals surface area contributed by atoms with Gasteiger partial charge < -0.3 is 4.74 Å². The van der Waals surface area contributed by atoms with Gasteiger partial charge in [0, 0.05) is 11.6 Å². The summed E-state index contributed by atoms with van der Waals surface area (Å²) >= 11 is 0. The van der Waals surface area contributed by atoms with E-state index in [4.69, 9.17) is 4.74 Å². The number of hydrogen-bond acceptors (Lipinski definition) is 5. The summed E-state index contributed by atoms with van der Waals surface area (Å²) < 4.78 is 5.27. The molecule has 1 aliphatic rings. The van der Waals surface area contributed by atoms with E-state index in [-0.39, 0.29) is 34.4 Å². The van der Waals surface area contributed by atoms with E-state index in [9.17, 15) is 19.2 Å². The summed E-state index contributed by atoms with van der Waals surface area (Å²) in [5.41, 5.74) is 1.03. The number of nitrogens with zero attached hydrogens (tertiary/aromatic N) is 1. The summed E-state index contributed by atoms with van der Waals surface area (Å²) in [6, 6.07) is 12.6. The van der Waals surface area contributed by atoms with E-state index in [0.717, 1.165) is 0 Å². The van der Waals surface area contributed by atoms with Crippen molar-refractivity contribution in [3.8, 4) is 0 Å². The van der Waals surface area contributed by atoms with Crippen LogP contribution >= 0.6 is 0 Å². The average molecular weight is 379 g/mol. The van der Waals surface area contributed by atoms with Gasteiger partial charge >= 0.3 is 5.97 Å². The zero-order chi connectivity index (χ0) is 20.4. The van der Waals surface area contributed by atoms with Crippen LogP contribution in [0.25, 0.3) is 0 Å². The molecule has 0 radical (unpaired) electrons. The predicted molar refractivity (Wildman–Crippen MR) is 102 cm³/mol. The number of fused-ring (bicyclic) bond motifs is 1. The molecule has 6 heteroatoms. The summed E-state index contributed by atoms with van der Waals surface area (Å²) in [5.74, 6) is -1.81. The molecule has 1 aliphatic heterocycles. The molecule has 0 unspecified atom stereocenters. The maximum absolute atomic E-state index is 12.6. The fourth-order valence-corrected chi connectivity index (χ4v) is 3.09. The number of hydrogen-bond donors (Lipinski definition) is 0. The Morgan fingerprint density at radius 2 is 1.57 bits per heavy atom. The van der Waals surface area contributed by atoms with Gasteiger partial charge in [0.05, 0.1) is 16.7 Å². The number of ether oxygens (including phenoxy) is 1. The number of Topliss-reactive ketones (excluding diaryl/α,β-unsaturated/α-hetero) is 1. The number of benzene rings is 2. The standard InChI is InChI=1S/C22H21NO5/c1-4-13(2)23-20(25)17-11-10-16(12-18(17)21(23)26)22(27)28-14(3)19(24)15-8-6-5-7-9-15/h5-14H,4H2,1-3H3/t13-,14+/m1/s1. The van der Waals surface area contributed by atoms with Crippen LogP contribution in [-0.2, 0) is 4.74 Å². The van der Waals surface area contributed by atoms with Crippen LogP contribution in [0.4, 0.5) is 0 Å². The number of rotatable bonds is 6. The number of carbonyl (C=O) groups excluding carboxylic acids is 4. The van der Waals surface area contributed by atoms with Gasteiger partial charge in [0.25, 0.3) is 11.8 Å². The van der Waals surface area contributed by atoms with Crippen LogP contribution in [-0.4, -0.2) is 40.6 Å². The number of carbonyl (C=O) groups is 4. The quantitative estimate of drug-likeness (QED) is 0.436. The topological polar surface area (TPSA) is 80.8 Å². The van der Waals surface area contributed by atoms with Crippen molar-refractivity contribution in [2.45, 2.75) is 39.3 Å². The minimum atomic E-state index is -0.975. The minimum Gasteiger partial charge on any atom is -0.451 e. The van der Waals surface area contributed by atoms with Crippen LogP contribution in [0.2, 0.25) is 0 Å². The second-order valence-corrected chi connectivity index (χ2v) is 6.78. The lowest BCUT2D eigenvalue weighted by Crippen LogP contribution is -2.37. The third-order valence-corrected chi connectivity index (χ3v) is 4.90. The molecule has 0 saturated heterocycles. The van der Waals surface area contributed by atoms with Crippen molar-refractivity contribution in [1.82, 2.24) is 4.90 Å². The van der Waals surface area contributed by atoms with Gasteiger partial charge in [-0.15, -0.1) is 0 Å². The Bertz CT molecular complexity index is 951. The number of esters is 1. The summed E-state index contributed by atoms with van der Waals surface area (Å²) in [4.78, 5) is 51.1. The lowest BCUT2D eigenvalue weighted by atomic mass is 10.1. The molecule has 0 fully saturated rings. The zero-order valence-electron chi connectivity index (χ0n) is 16.0. The molecule has 2 aromatic carbocycles. The van der Waals surface area contributed by atoms with Crippen molar-refractivity contribution in [1.29, 1.82) is 0 Å².